The van der Waals surface area contributed by atoms with Gasteiger partial charge in [0.2, 0.25) is 11.8 Å². The number of carbonyl (C=O) groups excluding carboxylic acids is 2. The van der Waals surface area contributed by atoms with Crippen LogP contribution in [0.1, 0.15) is 25.0 Å². The number of hydrogen-bond donors (Lipinski definition) is 2. The highest BCUT2D eigenvalue weighted by molar-refractivity contribution is 5.87. The Morgan fingerprint density at radius 3 is 1.78 bits per heavy atom. The lowest BCUT2D eigenvalue weighted by molar-refractivity contribution is -0.134. The third kappa shape index (κ3) is 7.41. The maximum atomic E-state index is 12.7. The number of nitrogens with two attached hydrogens (primary N) is 1. The molecule has 146 valence electrons. The molecule has 2 aromatic rings. The van der Waals surface area contributed by atoms with Crippen molar-refractivity contribution in [2.75, 3.05) is 6.54 Å². The zero-order valence-electron chi connectivity index (χ0n) is 15.8. The molecule has 6 heteroatoms. The van der Waals surface area contributed by atoms with Gasteiger partial charge < -0.3 is 16.0 Å². The van der Waals surface area contributed by atoms with Gasteiger partial charge in [0.05, 0.1) is 12.6 Å². The molecule has 0 fully saturated rings. The van der Waals surface area contributed by atoms with Gasteiger partial charge in [-0.25, -0.2) is 0 Å². The molecule has 0 aliphatic carbocycles. The van der Waals surface area contributed by atoms with Crippen molar-refractivity contribution in [1.82, 2.24) is 10.2 Å². The molecule has 2 aromatic carbocycles. The van der Waals surface area contributed by atoms with E-state index in [1.165, 1.54) is 0 Å². The van der Waals surface area contributed by atoms with E-state index in [1.807, 2.05) is 74.5 Å². The molecule has 0 unspecified atom stereocenters. The lowest BCUT2D eigenvalue weighted by Gasteiger charge is -2.24. The molecule has 0 saturated heterocycles. The second kappa shape index (κ2) is 11.4. The van der Waals surface area contributed by atoms with Crippen LogP contribution in [0.2, 0.25) is 0 Å². The van der Waals surface area contributed by atoms with Gasteiger partial charge in [-0.1, -0.05) is 74.5 Å². The minimum Gasteiger partial charge on any atom is -0.346 e. The minimum absolute atomic E-state index is 0. The van der Waals surface area contributed by atoms with E-state index in [2.05, 4.69) is 5.32 Å². The van der Waals surface area contributed by atoms with Gasteiger partial charge in [-0.05, 0) is 17.0 Å². The maximum Gasteiger partial charge on any atom is 0.242 e. The number of halogens is 1. The molecule has 0 radical (unpaired) electrons. The predicted octanol–water partition coefficient (Wildman–Crippen LogP) is 2.74. The summed E-state index contributed by atoms with van der Waals surface area (Å²) in [4.78, 5) is 26.5. The molecule has 0 saturated carbocycles. The van der Waals surface area contributed by atoms with Gasteiger partial charge in [-0.3, -0.25) is 9.59 Å². The average molecular weight is 390 g/mol. The van der Waals surface area contributed by atoms with E-state index in [4.69, 9.17) is 5.73 Å². The molecular formula is C21H28ClN3O2. The van der Waals surface area contributed by atoms with Crippen molar-refractivity contribution in [3.05, 3.63) is 71.8 Å². The number of nitrogens with zero attached hydrogens (tertiary/aromatic N) is 1. The first-order chi connectivity index (χ1) is 12.5. The average Bonchev–Trinajstić information content (AvgIpc) is 2.66. The summed E-state index contributed by atoms with van der Waals surface area (Å²) < 4.78 is 0. The van der Waals surface area contributed by atoms with Gasteiger partial charge in [0.25, 0.3) is 0 Å². The standard InChI is InChI=1S/C21H27N3O2.ClH/c1-16(2)20(22)21(26)23-13-19(25)24(14-17-9-5-3-6-10-17)15-18-11-7-4-8-12-18;/h3-12,16,20H,13-15,22H2,1-2H3,(H,23,26);1H/t20-;/m0./s1. The minimum atomic E-state index is -0.612. The van der Waals surface area contributed by atoms with Crippen molar-refractivity contribution in [3.63, 3.8) is 0 Å². The van der Waals surface area contributed by atoms with Crippen molar-refractivity contribution in [2.45, 2.75) is 33.0 Å². The van der Waals surface area contributed by atoms with Gasteiger partial charge in [0, 0.05) is 13.1 Å². The Labute approximate surface area is 167 Å². The first-order valence-corrected chi connectivity index (χ1v) is 8.86. The van der Waals surface area contributed by atoms with Gasteiger partial charge in [-0.2, -0.15) is 0 Å². The molecule has 1 atom stereocenters. The second-order valence-electron chi connectivity index (χ2n) is 6.71. The quantitative estimate of drug-likeness (QED) is 0.728. The van der Waals surface area contributed by atoms with E-state index in [1.54, 1.807) is 4.90 Å². The molecule has 0 aromatic heterocycles. The molecule has 3 N–H and O–H groups in total. The molecule has 2 rings (SSSR count). The van der Waals surface area contributed by atoms with Gasteiger partial charge in [-0.15, -0.1) is 12.4 Å². The maximum absolute atomic E-state index is 12.7. The summed E-state index contributed by atoms with van der Waals surface area (Å²) in [6, 6.07) is 19.0. The molecular weight excluding hydrogens is 362 g/mol. The van der Waals surface area contributed by atoms with Gasteiger partial charge in [0.1, 0.15) is 0 Å². The van der Waals surface area contributed by atoms with Crippen molar-refractivity contribution in [2.24, 2.45) is 11.7 Å². The molecule has 5 nitrogen and oxygen atoms in total. The number of nitrogens with one attached hydrogen (secondary N) is 1. The Bertz CT molecular complexity index is 666. The molecule has 0 spiro atoms. The highest BCUT2D eigenvalue weighted by atomic mass is 35.5. The Balaban J connectivity index is 0.00000364. The number of hydrogen-bond acceptors (Lipinski definition) is 3. The van der Waals surface area contributed by atoms with E-state index < -0.39 is 6.04 Å². The lowest BCUT2D eigenvalue weighted by atomic mass is 10.1. The Kier molecular flexibility index (Phi) is 9.54. The first-order valence-electron chi connectivity index (χ1n) is 8.86. The molecule has 27 heavy (non-hydrogen) atoms. The van der Waals surface area contributed by atoms with E-state index in [-0.39, 0.29) is 36.7 Å². The molecule has 2 amide bonds. The summed E-state index contributed by atoms with van der Waals surface area (Å²) in [6.07, 6.45) is 0. The fourth-order valence-corrected chi connectivity index (χ4v) is 2.53. The summed E-state index contributed by atoms with van der Waals surface area (Å²) in [5.41, 5.74) is 7.92. The third-order valence-corrected chi connectivity index (χ3v) is 4.22. The highest BCUT2D eigenvalue weighted by Crippen LogP contribution is 2.10. The summed E-state index contributed by atoms with van der Waals surface area (Å²) in [7, 11) is 0. The van der Waals surface area contributed by atoms with E-state index in [9.17, 15) is 9.59 Å². The SMILES string of the molecule is CC(C)[C@H](N)C(=O)NCC(=O)N(Cc1ccccc1)Cc1ccccc1.Cl. The molecule has 0 bridgehead atoms. The van der Waals surface area contributed by atoms with Crippen LogP contribution in [0.5, 0.6) is 0 Å². The van der Waals surface area contributed by atoms with Crippen molar-refractivity contribution in [1.29, 1.82) is 0 Å². The smallest absolute Gasteiger partial charge is 0.242 e. The summed E-state index contributed by atoms with van der Waals surface area (Å²) >= 11 is 0. The number of benzene rings is 2. The Morgan fingerprint density at radius 1 is 0.926 bits per heavy atom. The van der Waals surface area contributed by atoms with Crippen LogP contribution in [0.15, 0.2) is 60.7 Å². The number of carbonyl (C=O) groups is 2. The molecule has 0 aliphatic rings. The van der Waals surface area contributed by atoms with E-state index in [0.717, 1.165) is 11.1 Å². The topological polar surface area (TPSA) is 75.4 Å². The number of rotatable bonds is 8. The van der Waals surface area contributed by atoms with Crippen LogP contribution < -0.4 is 11.1 Å². The Hall–Kier alpha value is -2.37. The fraction of sp³-hybridized carbons (Fsp3) is 0.333. The van der Waals surface area contributed by atoms with Crippen molar-refractivity contribution >= 4 is 24.2 Å². The lowest BCUT2D eigenvalue weighted by Crippen LogP contribution is -2.47. The zero-order chi connectivity index (χ0) is 18.9. The normalized spacial score (nSPS) is 11.4. The highest BCUT2D eigenvalue weighted by Gasteiger charge is 2.20. The summed E-state index contributed by atoms with van der Waals surface area (Å²) in [5.74, 6) is -0.412. The molecule has 0 heterocycles. The fourth-order valence-electron chi connectivity index (χ4n) is 2.53. The van der Waals surface area contributed by atoms with E-state index >= 15 is 0 Å². The summed E-state index contributed by atoms with van der Waals surface area (Å²) in [6.45, 7) is 4.67. The van der Waals surface area contributed by atoms with Gasteiger partial charge >= 0.3 is 0 Å². The monoisotopic (exact) mass is 389 g/mol. The van der Waals surface area contributed by atoms with Crippen LogP contribution in [-0.4, -0.2) is 29.3 Å². The van der Waals surface area contributed by atoms with Crippen LogP contribution >= 0.6 is 12.4 Å². The second-order valence-corrected chi connectivity index (χ2v) is 6.71. The predicted molar refractivity (Wildman–Crippen MR) is 110 cm³/mol. The van der Waals surface area contributed by atoms with Crippen LogP contribution in [0.4, 0.5) is 0 Å². The first kappa shape index (κ1) is 22.7. The summed E-state index contributed by atoms with van der Waals surface area (Å²) in [5, 5.41) is 2.66. The third-order valence-electron chi connectivity index (χ3n) is 4.22. The van der Waals surface area contributed by atoms with Crippen molar-refractivity contribution < 1.29 is 9.59 Å². The Morgan fingerprint density at radius 2 is 1.37 bits per heavy atom. The van der Waals surface area contributed by atoms with Crippen LogP contribution in [0.25, 0.3) is 0 Å². The van der Waals surface area contributed by atoms with Crippen LogP contribution in [-0.2, 0) is 22.7 Å². The zero-order valence-corrected chi connectivity index (χ0v) is 16.6. The van der Waals surface area contributed by atoms with Gasteiger partial charge in [0.15, 0.2) is 0 Å². The molecule has 0 aliphatic heterocycles. The van der Waals surface area contributed by atoms with Crippen molar-refractivity contribution in [3.8, 4) is 0 Å². The largest absolute Gasteiger partial charge is 0.346 e. The van der Waals surface area contributed by atoms with Crippen LogP contribution in [0.3, 0.4) is 0 Å². The number of amides is 2. The van der Waals surface area contributed by atoms with E-state index in [0.29, 0.717) is 13.1 Å². The van der Waals surface area contributed by atoms with Crippen LogP contribution in [0, 0.1) is 5.92 Å².